The summed E-state index contributed by atoms with van der Waals surface area (Å²) in [5, 5.41) is 0.307. The van der Waals surface area contributed by atoms with Gasteiger partial charge in [0.25, 0.3) is 0 Å². The standard InChI is InChI=1S/C18H15F5O2S/c1-13-7-9-15(10-8-13)26(24)12-16(17(19,20)18(21,22)23)25-11-14-5-3-2-4-6-14/h2-10,12H,11H2,1H3/b16-12-/t26-/m1/s1. The molecule has 0 aliphatic rings. The van der Waals surface area contributed by atoms with Crippen LogP contribution < -0.4 is 0 Å². The zero-order valence-electron chi connectivity index (χ0n) is 13.6. The van der Waals surface area contributed by atoms with Crippen LogP contribution in [0.4, 0.5) is 22.0 Å². The molecular formula is C18H15F5O2S. The third-order valence-electron chi connectivity index (χ3n) is 3.37. The minimum absolute atomic E-state index is 0.0920. The Kier molecular flexibility index (Phi) is 6.17. The van der Waals surface area contributed by atoms with Gasteiger partial charge in [0.2, 0.25) is 0 Å². The van der Waals surface area contributed by atoms with Crippen LogP contribution in [0.2, 0.25) is 0 Å². The lowest BCUT2D eigenvalue weighted by atomic mass is 10.2. The van der Waals surface area contributed by atoms with E-state index in [1.165, 1.54) is 24.3 Å². The van der Waals surface area contributed by atoms with Crippen molar-refractivity contribution in [2.24, 2.45) is 0 Å². The molecule has 2 nitrogen and oxygen atoms in total. The topological polar surface area (TPSA) is 26.3 Å². The van der Waals surface area contributed by atoms with E-state index in [9.17, 15) is 26.2 Å². The maximum absolute atomic E-state index is 13.8. The molecule has 0 saturated carbocycles. The zero-order chi connectivity index (χ0) is 19.4. The zero-order valence-corrected chi connectivity index (χ0v) is 14.4. The highest BCUT2D eigenvalue weighted by Gasteiger charge is 2.61. The molecule has 0 unspecified atom stereocenters. The SMILES string of the molecule is Cc1ccc([S@](=O)/C=C(\OCc2ccccc2)C(F)(F)C(F)(F)F)cc1. The predicted octanol–water partition coefficient (Wildman–Crippen LogP) is 5.36. The van der Waals surface area contributed by atoms with Gasteiger partial charge < -0.3 is 4.74 Å². The molecule has 26 heavy (non-hydrogen) atoms. The van der Waals surface area contributed by atoms with Crippen LogP contribution >= 0.6 is 0 Å². The number of ether oxygens (including phenoxy) is 1. The molecule has 0 aliphatic heterocycles. The van der Waals surface area contributed by atoms with Crippen LogP contribution in [-0.2, 0) is 22.1 Å². The van der Waals surface area contributed by atoms with Crippen LogP contribution in [0.5, 0.6) is 0 Å². The molecule has 0 saturated heterocycles. The molecule has 0 heterocycles. The molecule has 0 bridgehead atoms. The van der Waals surface area contributed by atoms with Crippen molar-refractivity contribution in [1.82, 2.24) is 0 Å². The van der Waals surface area contributed by atoms with Crippen molar-refractivity contribution in [3.8, 4) is 0 Å². The Balaban J connectivity index is 2.32. The highest BCUT2D eigenvalue weighted by Crippen LogP contribution is 2.42. The highest BCUT2D eigenvalue weighted by molar-refractivity contribution is 7.88. The molecule has 0 radical (unpaired) electrons. The van der Waals surface area contributed by atoms with Crippen molar-refractivity contribution < 1.29 is 30.9 Å². The third-order valence-corrected chi connectivity index (χ3v) is 4.53. The lowest BCUT2D eigenvalue weighted by Crippen LogP contribution is -2.39. The van der Waals surface area contributed by atoms with Crippen LogP contribution in [0.3, 0.4) is 0 Å². The highest BCUT2D eigenvalue weighted by atomic mass is 32.2. The van der Waals surface area contributed by atoms with Gasteiger partial charge in [-0.05, 0) is 24.6 Å². The Morgan fingerprint density at radius 2 is 1.58 bits per heavy atom. The fourth-order valence-corrected chi connectivity index (χ4v) is 2.86. The van der Waals surface area contributed by atoms with Crippen molar-refractivity contribution in [3.63, 3.8) is 0 Å². The molecule has 0 fully saturated rings. The Morgan fingerprint density at radius 3 is 2.12 bits per heavy atom. The van der Waals surface area contributed by atoms with E-state index in [2.05, 4.69) is 0 Å². The molecule has 0 spiro atoms. The number of hydrogen-bond donors (Lipinski definition) is 0. The van der Waals surface area contributed by atoms with Crippen molar-refractivity contribution in [3.05, 3.63) is 76.9 Å². The summed E-state index contributed by atoms with van der Waals surface area (Å²) in [6.07, 6.45) is -5.87. The van der Waals surface area contributed by atoms with E-state index in [0.717, 1.165) is 5.56 Å². The minimum Gasteiger partial charge on any atom is -0.486 e. The van der Waals surface area contributed by atoms with E-state index in [4.69, 9.17) is 4.74 Å². The van der Waals surface area contributed by atoms with Crippen molar-refractivity contribution >= 4 is 10.8 Å². The summed E-state index contributed by atoms with van der Waals surface area (Å²) >= 11 is 0. The number of alkyl halides is 5. The van der Waals surface area contributed by atoms with E-state index in [1.54, 1.807) is 37.3 Å². The Labute approximate surface area is 149 Å². The molecule has 0 N–H and O–H groups in total. The molecule has 2 aromatic rings. The van der Waals surface area contributed by atoms with Gasteiger partial charge >= 0.3 is 12.1 Å². The van der Waals surface area contributed by atoms with Gasteiger partial charge in [-0.2, -0.15) is 22.0 Å². The molecule has 0 aliphatic carbocycles. The fourth-order valence-electron chi connectivity index (χ4n) is 1.91. The summed E-state index contributed by atoms with van der Waals surface area (Å²) in [5.74, 6) is -6.95. The van der Waals surface area contributed by atoms with E-state index in [0.29, 0.717) is 11.0 Å². The molecule has 140 valence electrons. The quantitative estimate of drug-likeness (QED) is 0.490. The van der Waals surface area contributed by atoms with Crippen LogP contribution in [0, 0.1) is 6.92 Å². The first-order valence-electron chi connectivity index (χ1n) is 7.42. The third kappa shape index (κ3) is 4.91. The average molecular weight is 390 g/mol. The number of halogens is 5. The second kappa shape index (κ2) is 7.99. The van der Waals surface area contributed by atoms with Gasteiger partial charge in [-0.25, -0.2) is 4.21 Å². The first-order valence-corrected chi connectivity index (χ1v) is 8.63. The molecule has 8 heteroatoms. The second-order valence-electron chi connectivity index (χ2n) is 5.44. The normalized spacial score (nSPS) is 14.2. The number of allylic oxidation sites excluding steroid dienone is 1. The van der Waals surface area contributed by atoms with E-state index < -0.39 is 35.3 Å². The summed E-state index contributed by atoms with van der Waals surface area (Å²) in [7, 11) is -2.23. The van der Waals surface area contributed by atoms with Crippen molar-refractivity contribution in [2.45, 2.75) is 30.5 Å². The molecule has 1 atom stereocenters. The first kappa shape index (κ1) is 20.1. The van der Waals surface area contributed by atoms with Gasteiger partial charge in [0.1, 0.15) is 6.61 Å². The number of rotatable bonds is 6. The first-order chi connectivity index (χ1) is 12.1. The molecule has 0 aromatic heterocycles. The summed E-state index contributed by atoms with van der Waals surface area (Å²) in [5.41, 5.74) is 1.23. The maximum atomic E-state index is 13.8. The Morgan fingerprint density at radius 1 is 1.00 bits per heavy atom. The maximum Gasteiger partial charge on any atom is 0.461 e. The summed E-state index contributed by atoms with van der Waals surface area (Å²) < 4.78 is 82.7. The molecule has 2 rings (SSSR count). The van der Waals surface area contributed by atoms with Crippen LogP contribution in [-0.4, -0.2) is 16.3 Å². The Bertz CT molecular complexity index is 783. The lowest BCUT2D eigenvalue weighted by Gasteiger charge is -2.22. The fraction of sp³-hybridized carbons (Fsp3) is 0.222. The Hall–Kier alpha value is -2.22. The van der Waals surface area contributed by atoms with Gasteiger partial charge in [0, 0.05) is 4.90 Å². The van der Waals surface area contributed by atoms with E-state index in [-0.39, 0.29) is 4.90 Å². The van der Waals surface area contributed by atoms with Crippen molar-refractivity contribution in [1.29, 1.82) is 0 Å². The number of hydrogen-bond acceptors (Lipinski definition) is 2. The van der Waals surface area contributed by atoms with Gasteiger partial charge in [-0.1, -0.05) is 48.0 Å². The number of benzene rings is 2. The van der Waals surface area contributed by atoms with Gasteiger partial charge in [0.15, 0.2) is 5.76 Å². The summed E-state index contributed by atoms with van der Waals surface area (Å²) in [6.45, 7) is 1.25. The van der Waals surface area contributed by atoms with Gasteiger partial charge in [-0.15, -0.1) is 0 Å². The van der Waals surface area contributed by atoms with E-state index >= 15 is 0 Å². The van der Waals surface area contributed by atoms with Gasteiger partial charge in [0.05, 0.1) is 16.2 Å². The van der Waals surface area contributed by atoms with E-state index in [1.807, 2.05) is 0 Å². The van der Waals surface area contributed by atoms with Crippen LogP contribution in [0.1, 0.15) is 11.1 Å². The van der Waals surface area contributed by atoms with Crippen LogP contribution in [0.25, 0.3) is 0 Å². The lowest BCUT2D eigenvalue weighted by molar-refractivity contribution is -0.277. The smallest absolute Gasteiger partial charge is 0.461 e. The largest absolute Gasteiger partial charge is 0.486 e. The van der Waals surface area contributed by atoms with Gasteiger partial charge in [-0.3, -0.25) is 0 Å². The molecule has 2 aromatic carbocycles. The van der Waals surface area contributed by atoms with Crippen LogP contribution in [0.15, 0.2) is 70.7 Å². The number of aryl methyl sites for hydroxylation is 1. The molecular weight excluding hydrogens is 375 g/mol. The molecule has 0 amide bonds. The summed E-state index contributed by atoms with van der Waals surface area (Å²) in [4.78, 5) is 0.0920. The summed E-state index contributed by atoms with van der Waals surface area (Å²) in [6, 6.07) is 13.8. The van der Waals surface area contributed by atoms with Crippen molar-refractivity contribution in [2.75, 3.05) is 0 Å². The minimum atomic E-state index is -5.87. The predicted molar refractivity (Wildman–Crippen MR) is 87.9 cm³/mol. The second-order valence-corrected chi connectivity index (χ2v) is 6.74. The monoisotopic (exact) mass is 390 g/mol. The average Bonchev–Trinajstić information content (AvgIpc) is 2.58.